The van der Waals surface area contributed by atoms with E-state index in [-0.39, 0.29) is 0 Å². The van der Waals surface area contributed by atoms with Crippen LogP contribution in [0, 0.1) is 0 Å². The molecule has 0 rings (SSSR count). The number of hydrogen-bond donors (Lipinski definition) is 0. The Labute approximate surface area is 44.3 Å². The zero-order valence-corrected chi connectivity index (χ0v) is 4.98. The van der Waals surface area contributed by atoms with Crippen LogP contribution in [-0.2, 0) is 25.6 Å². The van der Waals surface area contributed by atoms with Crippen LogP contribution in [0.15, 0.2) is 0 Å². The summed E-state index contributed by atoms with van der Waals surface area (Å²) in [4.78, 5) is 17.0. The van der Waals surface area contributed by atoms with E-state index in [1.807, 2.05) is 0 Å². The summed E-state index contributed by atoms with van der Waals surface area (Å²) in [5.74, 6) is 0. The Morgan fingerprint density at radius 3 is 1.33 bits per heavy atom. The first-order valence-corrected chi connectivity index (χ1v) is 2.59. The summed E-state index contributed by atoms with van der Waals surface area (Å²) in [7, 11) is -3.63. The SMILES string of the molecule is O=[PH]([O-])[O-].[O]=[V+2]. The van der Waals surface area contributed by atoms with Crippen LogP contribution in [0.2, 0.25) is 0 Å². The summed E-state index contributed by atoms with van der Waals surface area (Å²) < 4.78 is 16.7. The maximum atomic E-state index is 8.52. The molecular weight excluding hydrogens is 146 g/mol. The molecule has 4 nitrogen and oxygen atoms in total. The van der Waals surface area contributed by atoms with Crippen molar-refractivity contribution in [3.63, 3.8) is 0 Å². The van der Waals surface area contributed by atoms with Crippen LogP contribution in [-0.4, -0.2) is 0 Å². The molecule has 0 amide bonds. The van der Waals surface area contributed by atoms with Gasteiger partial charge < -0.3 is 14.4 Å². The predicted molar refractivity (Wildman–Crippen MR) is 9.69 cm³/mol. The minimum atomic E-state index is -3.63. The van der Waals surface area contributed by atoms with Gasteiger partial charge in [0.1, 0.15) is 0 Å². The van der Waals surface area contributed by atoms with Crippen LogP contribution in [0.25, 0.3) is 0 Å². The molecular formula is HO4PV. The first-order valence-electron chi connectivity index (χ1n) is 0.795. The number of hydrogen-bond acceptors (Lipinski definition) is 4. The van der Waals surface area contributed by atoms with Crippen LogP contribution in [0.1, 0.15) is 0 Å². The molecule has 0 saturated carbocycles. The summed E-state index contributed by atoms with van der Waals surface area (Å²) in [6, 6.07) is 0. The molecule has 0 spiro atoms. The maximum absolute atomic E-state index is 8.52. The molecule has 35 valence electrons. The van der Waals surface area contributed by atoms with E-state index in [1.54, 1.807) is 0 Å². The van der Waals surface area contributed by atoms with Crippen LogP contribution in [0.3, 0.4) is 0 Å². The van der Waals surface area contributed by atoms with Crippen molar-refractivity contribution >= 4 is 8.25 Å². The third kappa shape index (κ3) is 198. The van der Waals surface area contributed by atoms with Crippen LogP contribution in [0.4, 0.5) is 0 Å². The fraction of sp³-hybridized carbons (Fsp3) is 0. The van der Waals surface area contributed by atoms with E-state index in [0.717, 1.165) is 17.4 Å². The van der Waals surface area contributed by atoms with Crippen molar-refractivity contribution in [2.24, 2.45) is 0 Å². The molecule has 0 radical (unpaired) electrons. The standard InChI is InChI=1S/H3O3P.O.V/c1-4(2)3;;/h4H,(H2,1,2,3);;/q;;+2/p-2. The first-order chi connectivity index (χ1) is 2.73. The van der Waals surface area contributed by atoms with Gasteiger partial charge in [0.15, 0.2) is 0 Å². The Morgan fingerprint density at radius 2 is 1.33 bits per heavy atom. The molecule has 0 fully saturated rings. The van der Waals surface area contributed by atoms with Gasteiger partial charge in [0.25, 0.3) is 0 Å². The van der Waals surface area contributed by atoms with Gasteiger partial charge in [-0.3, -0.25) is 0 Å². The molecule has 0 aromatic heterocycles. The number of rotatable bonds is 0. The second kappa shape index (κ2) is 9.11. The Kier molecular flexibility index (Phi) is 14.8. The predicted octanol–water partition coefficient (Wildman–Crippen LogP) is -2.02. The summed E-state index contributed by atoms with van der Waals surface area (Å²) in [6.07, 6.45) is 0. The van der Waals surface area contributed by atoms with Gasteiger partial charge in [-0.1, -0.05) is 8.25 Å². The Morgan fingerprint density at radius 1 is 1.33 bits per heavy atom. The first kappa shape index (κ1) is 9.73. The molecule has 0 aliphatic carbocycles. The summed E-state index contributed by atoms with van der Waals surface area (Å²) in [5.41, 5.74) is 0. The molecule has 0 atom stereocenters. The van der Waals surface area contributed by atoms with Crippen molar-refractivity contribution in [3.8, 4) is 0 Å². The third-order valence-electron chi connectivity index (χ3n) is 0. The van der Waals surface area contributed by atoms with Crippen molar-refractivity contribution < 1.29 is 35.4 Å². The van der Waals surface area contributed by atoms with E-state index < -0.39 is 8.25 Å². The Hall–Kier alpha value is 0.534. The third-order valence-corrected chi connectivity index (χ3v) is 0. The van der Waals surface area contributed by atoms with E-state index >= 15 is 0 Å². The molecule has 0 saturated heterocycles. The van der Waals surface area contributed by atoms with Gasteiger partial charge >= 0.3 is 21.0 Å². The van der Waals surface area contributed by atoms with Crippen LogP contribution in [0.5, 0.6) is 0 Å². The van der Waals surface area contributed by atoms with Crippen molar-refractivity contribution in [2.45, 2.75) is 0 Å². The molecule has 6 heteroatoms. The van der Waals surface area contributed by atoms with Gasteiger partial charge in [0, 0.05) is 0 Å². The fourth-order valence-corrected chi connectivity index (χ4v) is 0. The zero-order chi connectivity index (χ0) is 5.58. The van der Waals surface area contributed by atoms with E-state index in [0.29, 0.717) is 0 Å². The van der Waals surface area contributed by atoms with Gasteiger partial charge in [-0.2, -0.15) is 0 Å². The van der Waals surface area contributed by atoms with Crippen LogP contribution < -0.4 is 9.79 Å². The molecule has 0 bridgehead atoms. The Balaban J connectivity index is 0. The average molecular weight is 147 g/mol. The van der Waals surface area contributed by atoms with Gasteiger partial charge in [-0.05, 0) is 0 Å². The second-order valence-corrected chi connectivity index (χ2v) is 0.750. The van der Waals surface area contributed by atoms with Gasteiger partial charge in [-0.25, -0.2) is 0 Å². The van der Waals surface area contributed by atoms with Gasteiger partial charge in [-0.15, -0.1) is 0 Å². The van der Waals surface area contributed by atoms with Crippen molar-refractivity contribution in [1.82, 2.24) is 0 Å². The summed E-state index contributed by atoms with van der Waals surface area (Å²) in [5, 5.41) is 0. The summed E-state index contributed by atoms with van der Waals surface area (Å²) >= 11 is 1.06. The summed E-state index contributed by atoms with van der Waals surface area (Å²) in [6.45, 7) is 0. The molecule has 0 unspecified atom stereocenters. The zero-order valence-electron chi connectivity index (χ0n) is 2.58. The topological polar surface area (TPSA) is 80.3 Å². The quantitative estimate of drug-likeness (QED) is 0.370. The van der Waals surface area contributed by atoms with E-state index in [1.165, 1.54) is 0 Å². The molecule has 0 heterocycles. The van der Waals surface area contributed by atoms with E-state index in [4.69, 9.17) is 18.0 Å². The molecule has 6 heavy (non-hydrogen) atoms. The van der Waals surface area contributed by atoms with E-state index in [9.17, 15) is 0 Å². The van der Waals surface area contributed by atoms with Crippen molar-refractivity contribution in [2.75, 3.05) is 0 Å². The minimum absolute atomic E-state index is 1.06. The van der Waals surface area contributed by atoms with Crippen LogP contribution >= 0.6 is 8.25 Å². The normalized spacial score (nSPS) is 6.83. The van der Waals surface area contributed by atoms with Crippen molar-refractivity contribution in [3.05, 3.63) is 0 Å². The molecule has 0 N–H and O–H groups in total. The monoisotopic (exact) mass is 147 g/mol. The molecule has 0 aliphatic rings. The fourth-order valence-electron chi connectivity index (χ4n) is 0. The Bertz CT molecular complexity index is 38.8. The molecule has 0 aromatic rings. The van der Waals surface area contributed by atoms with Crippen molar-refractivity contribution in [1.29, 1.82) is 0 Å². The molecule has 0 aromatic carbocycles. The second-order valence-electron chi connectivity index (χ2n) is 0.250. The molecule has 0 aliphatic heterocycles. The van der Waals surface area contributed by atoms with E-state index in [2.05, 4.69) is 0 Å². The van der Waals surface area contributed by atoms with Gasteiger partial charge in [0.05, 0.1) is 0 Å². The van der Waals surface area contributed by atoms with Gasteiger partial charge in [0.2, 0.25) is 0 Å². The average Bonchev–Trinajstić information content (AvgIpc) is 1.41.